The monoisotopic (exact) mass is 205 g/mol. The zero-order valence-corrected chi connectivity index (χ0v) is 9.10. The van der Waals surface area contributed by atoms with E-state index >= 15 is 0 Å². The van der Waals surface area contributed by atoms with Gasteiger partial charge in [-0.15, -0.1) is 0 Å². The van der Waals surface area contributed by atoms with Crippen LogP contribution in [0.15, 0.2) is 24.5 Å². The molecule has 0 aliphatic carbocycles. The molecule has 1 atom stereocenters. The maximum atomic E-state index is 5.72. The molecule has 2 rings (SSSR count). The molecular formula is C12H19N3. The molecule has 15 heavy (non-hydrogen) atoms. The summed E-state index contributed by atoms with van der Waals surface area (Å²) >= 11 is 0. The smallest absolute Gasteiger partial charge is 0.0312 e. The van der Waals surface area contributed by atoms with Gasteiger partial charge in [-0.3, -0.25) is 9.88 Å². The molecule has 0 radical (unpaired) electrons. The van der Waals surface area contributed by atoms with Crippen LogP contribution >= 0.6 is 0 Å². The van der Waals surface area contributed by atoms with Crippen LogP contribution in [0.1, 0.15) is 18.4 Å². The van der Waals surface area contributed by atoms with Crippen LogP contribution in [0.3, 0.4) is 0 Å². The van der Waals surface area contributed by atoms with E-state index in [9.17, 15) is 0 Å². The van der Waals surface area contributed by atoms with Crippen LogP contribution in [0.4, 0.5) is 0 Å². The van der Waals surface area contributed by atoms with E-state index < -0.39 is 0 Å². The van der Waals surface area contributed by atoms with Gasteiger partial charge in [0.2, 0.25) is 0 Å². The fraction of sp³-hybridized carbons (Fsp3) is 0.583. The molecule has 0 unspecified atom stereocenters. The molecule has 0 aromatic carbocycles. The summed E-state index contributed by atoms with van der Waals surface area (Å²) in [5.41, 5.74) is 7.02. The molecule has 0 amide bonds. The van der Waals surface area contributed by atoms with E-state index in [2.05, 4.69) is 16.0 Å². The molecule has 0 saturated carbocycles. The van der Waals surface area contributed by atoms with E-state index in [0.29, 0.717) is 5.92 Å². The Kier molecular flexibility index (Phi) is 3.69. The SMILES string of the molecule is NC[C@@H]1CCCN(Cc2cccnc2)C1. The number of rotatable bonds is 3. The lowest BCUT2D eigenvalue weighted by atomic mass is 9.98. The highest BCUT2D eigenvalue weighted by Crippen LogP contribution is 2.17. The van der Waals surface area contributed by atoms with Gasteiger partial charge in [0.15, 0.2) is 0 Å². The van der Waals surface area contributed by atoms with Gasteiger partial charge in [0, 0.05) is 25.5 Å². The second-order valence-electron chi connectivity index (χ2n) is 4.34. The lowest BCUT2D eigenvalue weighted by Gasteiger charge is -2.31. The number of hydrogen-bond acceptors (Lipinski definition) is 3. The molecule has 2 heterocycles. The first-order valence-electron chi connectivity index (χ1n) is 5.70. The Bertz CT molecular complexity index is 286. The van der Waals surface area contributed by atoms with Crippen molar-refractivity contribution in [1.82, 2.24) is 9.88 Å². The van der Waals surface area contributed by atoms with Gasteiger partial charge < -0.3 is 5.73 Å². The quantitative estimate of drug-likeness (QED) is 0.807. The molecule has 82 valence electrons. The lowest BCUT2D eigenvalue weighted by Crippen LogP contribution is -2.37. The molecule has 2 N–H and O–H groups in total. The van der Waals surface area contributed by atoms with Crippen molar-refractivity contribution in [3.8, 4) is 0 Å². The summed E-state index contributed by atoms with van der Waals surface area (Å²) in [5, 5.41) is 0. The van der Waals surface area contributed by atoms with Crippen molar-refractivity contribution in [2.75, 3.05) is 19.6 Å². The third kappa shape index (κ3) is 3.01. The predicted octanol–water partition coefficient (Wildman–Crippen LogP) is 1.25. The van der Waals surface area contributed by atoms with Crippen molar-refractivity contribution >= 4 is 0 Å². The van der Waals surface area contributed by atoms with Crippen molar-refractivity contribution in [3.05, 3.63) is 30.1 Å². The van der Waals surface area contributed by atoms with Crippen LogP contribution in [0, 0.1) is 5.92 Å². The molecular weight excluding hydrogens is 186 g/mol. The first-order chi connectivity index (χ1) is 7.38. The standard InChI is InChI=1S/C12H19N3/c13-7-11-4-2-6-15(9-11)10-12-3-1-5-14-8-12/h1,3,5,8,11H,2,4,6-7,9-10,13H2/t11-/m0/s1. The third-order valence-electron chi connectivity index (χ3n) is 3.07. The van der Waals surface area contributed by atoms with Crippen LogP contribution in [-0.4, -0.2) is 29.5 Å². The largest absolute Gasteiger partial charge is 0.330 e. The summed E-state index contributed by atoms with van der Waals surface area (Å²) in [5.74, 6) is 0.690. The van der Waals surface area contributed by atoms with Gasteiger partial charge >= 0.3 is 0 Å². The molecule has 1 saturated heterocycles. The minimum atomic E-state index is 0.690. The topological polar surface area (TPSA) is 42.1 Å². The van der Waals surface area contributed by atoms with E-state index in [-0.39, 0.29) is 0 Å². The van der Waals surface area contributed by atoms with Crippen molar-refractivity contribution < 1.29 is 0 Å². The Labute approximate surface area is 91.3 Å². The first-order valence-corrected chi connectivity index (χ1v) is 5.70. The van der Waals surface area contributed by atoms with Gasteiger partial charge in [0.25, 0.3) is 0 Å². The Morgan fingerprint density at radius 2 is 2.47 bits per heavy atom. The molecule has 3 heteroatoms. The van der Waals surface area contributed by atoms with E-state index in [1.54, 1.807) is 0 Å². The third-order valence-corrected chi connectivity index (χ3v) is 3.07. The molecule has 1 fully saturated rings. The van der Waals surface area contributed by atoms with Crippen molar-refractivity contribution in [2.45, 2.75) is 19.4 Å². The van der Waals surface area contributed by atoms with Crippen molar-refractivity contribution in [2.24, 2.45) is 11.7 Å². The van der Waals surface area contributed by atoms with Gasteiger partial charge in [-0.25, -0.2) is 0 Å². The fourth-order valence-corrected chi connectivity index (χ4v) is 2.24. The summed E-state index contributed by atoms with van der Waals surface area (Å²) in [6.45, 7) is 4.19. The second-order valence-corrected chi connectivity index (χ2v) is 4.34. The minimum absolute atomic E-state index is 0.690. The van der Waals surface area contributed by atoms with E-state index in [1.807, 2.05) is 18.5 Å². The molecule has 1 aliphatic heterocycles. The van der Waals surface area contributed by atoms with Crippen molar-refractivity contribution in [1.29, 1.82) is 0 Å². The first kappa shape index (κ1) is 10.6. The molecule has 0 bridgehead atoms. The number of piperidine rings is 1. The number of likely N-dealkylation sites (tertiary alicyclic amines) is 1. The summed E-state index contributed by atoms with van der Waals surface area (Å²) in [6.07, 6.45) is 6.34. The van der Waals surface area contributed by atoms with E-state index in [0.717, 1.165) is 19.6 Å². The Morgan fingerprint density at radius 3 is 3.20 bits per heavy atom. The van der Waals surface area contributed by atoms with Crippen LogP contribution in [0.5, 0.6) is 0 Å². The number of aromatic nitrogens is 1. The normalized spacial score (nSPS) is 22.9. The lowest BCUT2D eigenvalue weighted by molar-refractivity contribution is 0.171. The van der Waals surface area contributed by atoms with Crippen LogP contribution in [0.2, 0.25) is 0 Å². The molecule has 1 aromatic heterocycles. The van der Waals surface area contributed by atoms with Gasteiger partial charge in [0.05, 0.1) is 0 Å². The zero-order valence-electron chi connectivity index (χ0n) is 9.10. The zero-order chi connectivity index (χ0) is 10.5. The van der Waals surface area contributed by atoms with Gasteiger partial charge in [-0.05, 0) is 43.5 Å². The minimum Gasteiger partial charge on any atom is -0.330 e. The van der Waals surface area contributed by atoms with Gasteiger partial charge in [-0.2, -0.15) is 0 Å². The molecule has 1 aliphatic rings. The van der Waals surface area contributed by atoms with Crippen LogP contribution < -0.4 is 5.73 Å². The number of hydrogen-bond donors (Lipinski definition) is 1. The Hall–Kier alpha value is -0.930. The van der Waals surface area contributed by atoms with Crippen LogP contribution in [-0.2, 0) is 6.54 Å². The highest BCUT2D eigenvalue weighted by atomic mass is 15.1. The molecule has 3 nitrogen and oxygen atoms in total. The predicted molar refractivity (Wildman–Crippen MR) is 61.3 cm³/mol. The average molecular weight is 205 g/mol. The highest BCUT2D eigenvalue weighted by molar-refractivity contribution is 5.08. The van der Waals surface area contributed by atoms with Crippen LogP contribution in [0.25, 0.3) is 0 Å². The summed E-state index contributed by atoms with van der Waals surface area (Å²) in [7, 11) is 0. The summed E-state index contributed by atoms with van der Waals surface area (Å²) in [4.78, 5) is 6.62. The Balaban J connectivity index is 1.89. The molecule has 0 spiro atoms. The summed E-state index contributed by atoms with van der Waals surface area (Å²) in [6, 6.07) is 4.14. The van der Waals surface area contributed by atoms with E-state index in [1.165, 1.54) is 24.9 Å². The van der Waals surface area contributed by atoms with Crippen molar-refractivity contribution in [3.63, 3.8) is 0 Å². The maximum Gasteiger partial charge on any atom is 0.0312 e. The van der Waals surface area contributed by atoms with Gasteiger partial charge in [0.1, 0.15) is 0 Å². The number of nitrogens with two attached hydrogens (primary N) is 1. The van der Waals surface area contributed by atoms with E-state index in [4.69, 9.17) is 5.73 Å². The average Bonchev–Trinajstić information content (AvgIpc) is 2.31. The fourth-order valence-electron chi connectivity index (χ4n) is 2.24. The van der Waals surface area contributed by atoms with Gasteiger partial charge in [-0.1, -0.05) is 6.07 Å². The summed E-state index contributed by atoms with van der Waals surface area (Å²) < 4.78 is 0. The second kappa shape index (κ2) is 5.24. The maximum absolute atomic E-state index is 5.72. The number of nitrogens with zero attached hydrogens (tertiary/aromatic N) is 2. The highest BCUT2D eigenvalue weighted by Gasteiger charge is 2.18. The Morgan fingerprint density at radius 1 is 1.53 bits per heavy atom. The molecule has 1 aromatic rings. The number of pyridine rings is 1.